The summed E-state index contributed by atoms with van der Waals surface area (Å²) in [6, 6.07) is 0. The van der Waals surface area contributed by atoms with Crippen LogP contribution >= 0.6 is 11.3 Å². The predicted octanol–water partition coefficient (Wildman–Crippen LogP) is 2.93. The monoisotopic (exact) mass is 320 g/mol. The van der Waals surface area contributed by atoms with Crippen molar-refractivity contribution in [2.24, 2.45) is 0 Å². The van der Waals surface area contributed by atoms with E-state index >= 15 is 0 Å². The van der Waals surface area contributed by atoms with Crippen LogP contribution in [0.1, 0.15) is 55.3 Å². The molecule has 0 saturated carbocycles. The fourth-order valence-electron chi connectivity index (χ4n) is 3.12. The van der Waals surface area contributed by atoms with E-state index < -0.39 is 5.97 Å². The van der Waals surface area contributed by atoms with Gasteiger partial charge in [-0.2, -0.15) is 0 Å². The maximum Gasteiger partial charge on any atom is 0.305 e. The molecular formula is C16H20N2O3S. The smallest absolute Gasteiger partial charge is 0.305 e. The molecule has 0 aromatic carbocycles. The first kappa shape index (κ1) is 15.2. The molecule has 0 unspecified atom stereocenters. The third kappa shape index (κ3) is 2.56. The summed E-state index contributed by atoms with van der Waals surface area (Å²) in [5.41, 5.74) is 1.09. The first-order valence-corrected chi connectivity index (χ1v) is 8.57. The van der Waals surface area contributed by atoms with Crippen molar-refractivity contribution in [2.75, 3.05) is 0 Å². The van der Waals surface area contributed by atoms with Gasteiger partial charge in [0, 0.05) is 17.3 Å². The van der Waals surface area contributed by atoms with Crippen LogP contribution in [0.15, 0.2) is 4.79 Å². The number of aromatic nitrogens is 2. The topological polar surface area (TPSA) is 72.2 Å². The molecule has 6 heteroatoms. The third-order valence-electron chi connectivity index (χ3n) is 4.17. The lowest BCUT2D eigenvalue weighted by Crippen LogP contribution is -2.27. The van der Waals surface area contributed by atoms with Gasteiger partial charge >= 0.3 is 5.97 Å². The third-order valence-corrected chi connectivity index (χ3v) is 5.36. The molecule has 3 rings (SSSR count). The molecule has 118 valence electrons. The summed E-state index contributed by atoms with van der Waals surface area (Å²) >= 11 is 1.64. The Balaban J connectivity index is 2.22. The highest BCUT2D eigenvalue weighted by Gasteiger charge is 2.22. The molecule has 0 aliphatic heterocycles. The second-order valence-corrected chi connectivity index (χ2v) is 7.20. The van der Waals surface area contributed by atoms with Crippen molar-refractivity contribution in [3.63, 3.8) is 0 Å². The lowest BCUT2D eigenvalue weighted by atomic mass is 9.97. The van der Waals surface area contributed by atoms with Crippen LogP contribution in [0.4, 0.5) is 0 Å². The molecule has 1 N–H and O–H groups in total. The molecule has 0 saturated heterocycles. The van der Waals surface area contributed by atoms with Gasteiger partial charge in [0.25, 0.3) is 5.56 Å². The Morgan fingerprint density at radius 2 is 2.09 bits per heavy atom. The van der Waals surface area contributed by atoms with Crippen LogP contribution in [-0.2, 0) is 24.2 Å². The Morgan fingerprint density at radius 3 is 2.77 bits per heavy atom. The van der Waals surface area contributed by atoms with Crippen LogP contribution in [-0.4, -0.2) is 20.6 Å². The van der Waals surface area contributed by atoms with Gasteiger partial charge in [-0.1, -0.05) is 13.8 Å². The van der Waals surface area contributed by atoms with Crippen molar-refractivity contribution < 1.29 is 9.90 Å². The second-order valence-electron chi connectivity index (χ2n) is 6.12. The SMILES string of the molecule is CC(C)c1nc2sc3c(c2c(=O)n1CCC(=O)O)CCCC3. The molecule has 0 amide bonds. The van der Waals surface area contributed by atoms with Gasteiger partial charge in [0.2, 0.25) is 0 Å². The number of aryl methyl sites for hydroxylation is 2. The van der Waals surface area contributed by atoms with Crippen molar-refractivity contribution in [1.29, 1.82) is 0 Å². The van der Waals surface area contributed by atoms with Crippen molar-refractivity contribution in [2.45, 2.75) is 58.4 Å². The Labute approximate surface area is 132 Å². The van der Waals surface area contributed by atoms with Gasteiger partial charge in [-0.05, 0) is 31.2 Å². The quantitative estimate of drug-likeness (QED) is 0.940. The van der Waals surface area contributed by atoms with E-state index in [0.717, 1.165) is 35.0 Å². The lowest BCUT2D eigenvalue weighted by Gasteiger charge is -2.15. The highest BCUT2D eigenvalue weighted by atomic mass is 32.1. The van der Waals surface area contributed by atoms with Crippen LogP contribution in [0.5, 0.6) is 0 Å². The fraction of sp³-hybridized carbons (Fsp3) is 0.562. The zero-order valence-corrected chi connectivity index (χ0v) is 13.7. The summed E-state index contributed by atoms with van der Waals surface area (Å²) in [6.07, 6.45) is 4.19. The van der Waals surface area contributed by atoms with Crippen molar-refractivity contribution in [3.8, 4) is 0 Å². The van der Waals surface area contributed by atoms with Crippen molar-refractivity contribution in [1.82, 2.24) is 9.55 Å². The van der Waals surface area contributed by atoms with Gasteiger partial charge < -0.3 is 5.11 Å². The van der Waals surface area contributed by atoms with Crippen molar-refractivity contribution in [3.05, 3.63) is 26.6 Å². The maximum atomic E-state index is 12.9. The van der Waals surface area contributed by atoms with E-state index in [1.165, 1.54) is 11.3 Å². The largest absolute Gasteiger partial charge is 0.481 e. The molecule has 2 heterocycles. The average molecular weight is 320 g/mol. The lowest BCUT2D eigenvalue weighted by molar-refractivity contribution is -0.137. The number of rotatable bonds is 4. The average Bonchev–Trinajstić information content (AvgIpc) is 2.84. The van der Waals surface area contributed by atoms with Gasteiger partial charge in [0.1, 0.15) is 10.7 Å². The molecule has 1 aliphatic carbocycles. The first-order chi connectivity index (χ1) is 10.5. The van der Waals surface area contributed by atoms with E-state index in [1.807, 2.05) is 13.8 Å². The number of aliphatic carboxylic acids is 1. The fourth-order valence-corrected chi connectivity index (χ4v) is 4.38. The molecule has 0 bridgehead atoms. The van der Waals surface area contributed by atoms with Gasteiger partial charge in [-0.25, -0.2) is 4.98 Å². The molecular weight excluding hydrogens is 300 g/mol. The van der Waals surface area contributed by atoms with Crippen LogP contribution in [0.2, 0.25) is 0 Å². The molecule has 0 spiro atoms. The molecule has 1 aliphatic rings. The van der Waals surface area contributed by atoms with Crippen LogP contribution in [0.3, 0.4) is 0 Å². The van der Waals surface area contributed by atoms with Gasteiger partial charge in [-0.15, -0.1) is 11.3 Å². The predicted molar refractivity (Wildman–Crippen MR) is 86.9 cm³/mol. The highest BCUT2D eigenvalue weighted by Crippen LogP contribution is 2.34. The Bertz CT molecular complexity index is 789. The molecule has 0 fully saturated rings. The minimum absolute atomic E-state index is 0.0564. The summed E-state index contributed by atoms with van der Waals surface area (Å²) in [4.78, 5) is 30.6. The molecule has 22 heavy (non-hydrogen) atoms. The number of carbonyl (C=O) groups is 1. The summed E-state index contributed by atoms with van der Waals surface area (Å²) in [5.74, 6) is -0.114. The number of hydrogen-bond acceptors (Lipinski definition) is 4. The van der Waals surface area contributed by atoms with Gasteiger partial charge in [0.15, 0.2) is 0 Å². The van der Waals surface area contributed by atoms with Crippen LogP contribution in [0, 0.1) is 0 Å². The summed E-state index contributed by atoms with van der Waals surface area (Å²) in [6.45, 7) is 4.16. The van der Waals surface area contributed by atoms with Gasteiger partial charge in [-0.3, -0.25) is 14.2 Å². The Kier molecular flexibility index (Phi) is 4.04. The zero-order valence-electron chi connectivity index (χ0n) is 12.9. The summed E-state index contributed by atoms with van der Waals surface area (Å²) in [7, 11) is 0. The number of fused-ring (bicyclic) bond motifs is 3. The Morgan fingerprint density at radius 1 is 1.36 bits per heavy atom. The van der Waals surface area contributed by atoms with E-state index in [9.17, 15) is 9.59 Å². The number of thiophene rings is 1. The molecule has 5 nitrogen and oxygen atoms in total. The van der Waals surface area contributed by atoms with Crippen LogP contribution < -0.4 is 5.56 Å². The summed E-state index contributed by atoms with van der Waals surface area (Å²) in [5, 5.41) is 9.66. The summed E-state index contributed by atoms with van der Waals surface area (Å²) < 4.78 is 1.57. The minimum Gasteiger partial charge on any atom is -0.481 e. The van der Waals surface area contributed by atoms with Gasteiger partial charge in [0.05, 0.1) is 11.8 Å². The molecule has 2 aromatic heterocycles. The molecule has 2 aromatic rings. The minimum atomic E-state index is -0.894. The van der Waals surface area contributed by atoms with E-state index in [-0.39, 0.29) is 24.4 Å². The number of hydrogen-bond donors (Lipinski definition) is 1. The second kappa shape index (κ2) is 5.83. The number of carboxylic acid groups (broad SMARTS) is 1. The van der Waals surface area contributed by atoms with Crippen LogP contribution in [0.25, 0.3) is 10.2 Å². The van der Waals surface area contributed by atoms with Crippen molar-refractivity contribution >= 4 is 27.5 Å². The standard InChI is InChI=1S/C16H20N2O3S/c1-9(2)14-17-15-13(10-5-3-4-6-11(10)22-15)16(21)18(14)8-7-12(19)20/h9H,3-8H2,1-2H3,(H,19,20). The number of carboxylic acids is 1. The maximum absolute atomic E-state index is 12.9. The Hall–Kier alpha value is -1.69. The normalized spacial score (nSPS) is 14.5. The van der Waals surface area contributed by atoms with E-state index in [0.29, 0.717) is 5.82 Å². The molecule has 0 atom stereocenters. The van der Waals surface area contributed by atoms with E-state index in [1.54, 1.807) is 15.9 Å². The number of nitrogens with zero attached hydrogens (tertiary/aromatic N) is 2. The first-order valence-electron chi connectivity index (χ1n) is 7.75. The van der Waals surface area contributed by atoms with E-state index in [4.69, 9.17) is 10.1 Å². The van der Waals surface area contributed by atoms with E-state index in [2.05, 4.69) is 0 Å². The molecule has 0 radical (unpaired) electrons. The zero-order chi connectivity index (χ0) is 15.9. The highest BCUT2D eigenvalue weighted by molar-refractivity contribution is 7.18.